The van der Waals surface area contributed by atoms with E-state index in [9.17, 15) is 4.79 Å². The van der Waals surface area contributed by atoms with Crippen LogP contribution in [0.2, 0.25) is 5.02 Å². The van der Waals surface area contributed by atoms with Gasteiger partial charge in [-0.15, -0.1) is 5.10 Å². The minimum absolute atomic E-state index is 0.0568. The van der Waals surface area contributed by atoms with Gasteiger partial charge in [0, 0.05) is 16.3 Å². The van der Waals surface area contributed by atoms with Crippen LogP contribution in [0.5, 0.6) is 5.75 Å². The SMILES string of the molecule is COc1ccc(-n2nc(C(=O)Nc3ccc(C)c(Cl)c3)nc2-c2ccccc2)cc1. The van der Waals surface area contributed by atoms with E-state index in [1.165, 1.54) is 0 Å². The highest BCUT2D eigenvalue weighted by Crippen LogP contribution is 2.24. The first-order chi connectivity index (χ1) is 14.5. The Morgan fingerprint density at radius 1 is 1.03 bits per heavy atom. The van der Waals surface area contributed by atoms with Crippen molar-refractivity contribution in [3.05, 3.63) is 89.2 Å². The van der Waals surface area contributed by atoms with Gasteiger partial charge in [0.15, 0.2) is 5.82 Å². The predicted molar refractivity (Wildman–Crippen MR) is 117 cm³/mol. The van der Waals surface area contributed by atoms with Crippen molar-refractivity contribution in [2.45, 2.75) is 6.92 Å². The van der Waals surface area contributed by atoms with Crippen molar-refractivity contribution in [1.29, 1.82) is 0 Å². The molecule has 30 heavy (non-hydrogen) atoms. The molecule has 0 spiro atoms. The number of benzene rings is 3. The zero-order chi connectivity index (χ0) is 21.1. The summed E-state index contributed by atoms with van der Waals surface area (Å²) in [5.74, 6) is 0.933. The monoisotopic (exact) mass is 418 g/mol. The van der Waals surface area contributed by atoms with Crippen molar-refractivity contribution in [2.75, 3.05) is 12.4 Å². The van der Waals surface area contributed by atoms with Crippen molar-refractivity contribution >= 4 is 23.2 Å². The number of halogens is 1. The molecule has 0 fully saturated rings. The van der Waals surface area contributed by atoms with Crippen LogP contribution in [0.1, 0.15) is 16.2 Å². The molecule has 1 amide bonds. The zero-order valence-electron chi connectivity index (χ0n) is 16.5. The second-order valence-electron chi connectivity index (χ2n) is 6.65. The molecule has 0 aliphatic heterocycles. The number of anilines is 1. The van der Waals surface area contributed by atoms with E-state index in [0.717, 1.165) is 22.6 Å². The maximum Gasteiger partial charge on any atom is 0.295 e. The lowest BCUT2D eigenvalue weighted by molar-refractivity contribution is 0.101. The summed E-state index contributed by atoms with van der Waals surface area (Å²) >= 11 is 6.16. The van der Waals surface area contributed by atoms with E-state index in [2.05, 4.69) is 15.4 Å². The molecule has 0 radical (unpaired) electrons. The highest BCUT2D eigenvalue weighted by Gasteiger charge is 2.19. The lowest BCUT2D eigenvalue weighted by atomic mass is 10.2. The largest absolute Gasteiger partial charge is 0.497 e. The Morgan fingerprint density at radius 2 is 1.77 bits per heavy atom. The van der Waals surface area contributed by atoms with Crippen molar-refractivity contribution in [1.82, 2.24) is 14.8 Å². The lowest BCUT2D eigenvalue weighted by Crippen LogP contribution is -2.14. The van der Waals surface area contributed by atoms with Crippen LogP contribution in [0.3, 0.4) is 0 Å². The van der Waals surface area contributed by atoms with Crippen molar-refractivity contribution in [3.63, 3.8) is 0 Å². The van der Waals surface area contributed by atoms with Crippen LogP contribution >= 0.6 is 11.6 Å². The van der Waals surface area contributed by atoms with Crippen LogP contribution in [0.25, 0.3) is 17.1 Å². The molecule has 0 saturated carbocycles. The minimum atomic E-state index is -0.417. The number of aryl methyl sites for hydroxylation is 1. The molecule has 4 rings (SSSR count). The number of carbonyl (C=O) groups is 1. The van der Waals surface area contributed by atoms with Crippen LogP contribution in [-0.4, -0.2) is 27.8 Å². The number of methoxy groups -OCH3 is 1. The first-order valence-corrected chi connectivity index (χ1v) is 9.67. The van der Waals surface area contributed by atoms with Crippen LogP contribution in [0, 0.1) is 6.92 Å². The second-order valence-corrected chi connectivity index (χ2v) is 7.06. The number of carbonyl (C=O) groups excluding carboxylic acids is 1. The summed E-state index contributed by atoms with van der Waals surface area (Å²) in [6.07, 6.45) is 0. The molecular formula is C23H19ClN4O2. The molecule has 1 aromatic heterocycles. The molecule has 1 N–H and O–H groups in total. The van der Waals surface area contributed by atoms with E-state index in [-0.39, 0.29) is 5.82 Å². The average molecular weight is 419 g/mol. The first kappa shape index (κ1) is 19.7. The summed E-state index contributed by atoms with van der Waals surface area (Å²) in [5, 5.41) is 7.85. The van der Waals surface area contributed by atoms with Gasteiger partial charge in [0.2, 0.25) is 5.82 Å². The number of amides is 1. The quantitative estimate of drug-likeness (QED) is 0.486. The van der Waals surface area contributed by atoms with Gasteiger partial charge in [0.25, 0.3) is 5.91 Å². The van der Waals surface area contributed by atoms with E-state index in [0.29, 0.717) is 16.5 Å². The van der Waals surface area contributed by atoms with Crippen molar-refractivity contribution < 1.29 is 9.53 Å². The minimum Gasteiger partial charge on any atom is -0.497 e. The summed E-state index contributed by atoms with van der Waals surface area (Å²) in [5.41, 5.74) is 3.12. The molecule has 6 nitrogen and oxygen atoms in total. The Labute approximate surface area is 179 Å². The van der Waals surface area contributed by atoms with Crippen LogP contribution in [-0.2, 0) is 0 Å². The molecule has 0 aliphatic carbocycles. The molecule has 4 aromatic rings. The maximum absolute atomic E-state index is 12.8. The van der Waals surface area contributed by atoms with Gasteiger partial charge in [-0.1, -0.05) is 48.0 Å². The van der Waals surface area contributed by atoms with Gasteiger partial charge in [-0.2, -0.15) is 0 Å². The Hall–Kier alpha value is -3.64. The molecule has 0 atom stereocenters. The Bertz CT molecular complexity index is 1190. The smallest absolute Gasteiger partial charge is 0.295 e. The van der Waals surface area contributed by atoms with Gasteiger partial charge in [-0.3, -0.25) is 4.79 Å². The number of hydrogen-bond acceptors (Lipinski definition) is 4. The Balaban J connectivity index is 1.72. The van der Waals surface area contributed by atoms with Gasteiger partial charge in [0.1, 0.15) is 5.75 Å². The third-order valence-corrected chi connectivity index (χ3v) is 5.00. The normalized spacial score (nSPS) is 10.6. The molecule has 0 unspecified atom stereocenters. The fraction of sp³-hybridized carbons (Fsp3) is 0.0870. The van der Waals surface area contributed by atoms with Gasteiger partial charge < -0.3 is 10.1 Å². The van der Waals surface area contributed by atoms with E-state index >= 15 is 0 Å². The third-order valence-electron chi connectivity index (χ3n) is 4.59. The molecule has 0 bridgehead atoms. The van der Waals surface area contributed by atoms with Gasteiger partial charge in [-0.05, 0) is 48.9 Å². The first-order valence-electron chi connectivity index (χ1n) is 9.29. The summed E-state index contributed by atoms with van der Waals surface area (Å²) in [7, 11) is 1.61. The number of nitrogens with one attached hydrogen (secondary N) is 1. The van der Waals surface area contributed by atoms with Crippen LogP contribution in [0.15, 0.2) is 72.8 Å². The number of hydrogen-bond donors (Lipinski definition) is 1. The molecule has 0 aliphatic rings. The summed E-state index contributed by atoms with van der Waals surface area (Å²) in [4.78, 5) is 17.3. The topological polar surface area (TPSA) is 69.0 Å². The molecule has 1 heterocycles. The van der Waals surface area contributed by atoms with Gasteiger partial charge in [-0.25, -0.2) is 9.67 Å². The molecule has 0 saturated heterocycles. The average Bonchev–Trinajstić information content (AvgIpc) is 3.23. The van der Waals surface area contributed by atoms with E-state index in [1.54, 1.807) is 23.9 Å². The highest BCUT2D eigenvalue weighted by molar-refractivity contribution is 6.31. The number of rotatable bonds is 5. The molecule has 3 aromatic carbocycles. The maximum atomic E-state index is 12.8. The third kappa shape index (κ3) is 4.04. The molecular weight excluding hydrogens is 400 g/mol. The lowest BCUT2D eigenvalue weighted by Gasteiger charge is -2.07. The van der Waals surface area contributed by atoms with Crippen molar-refractivity contribution in [3.8, 4) is 22.8 Å². The Morgan fingerprint density at radius 3 is 2.43 bits per heavy atom. The Kier molecular flexibility index (Phi) is 5.50. The summed E-state index contributed by atoms with van der Waals surface area (Å²) < 4.78 is 6.87. The highest BCUT2D eigenvalue weighted by atomic mass is 35.5. The summed E-state index contributed by atoms with van der Waals surface area (Å²) in [6, 6.07) is 22.3. The molecule has 7 heteroatoms. The number of aromatic nitrogens is 3. The molecule has 150 valence electrons. The van der Waals surface area contributed by atoms with Crippen LogP contribution < -0.4 is 10.1 Å². The van der Waals surface area contributed by atoms with E-state index in [4.69, 9.17) is 16.3 Å². The summed E-state index contributed by atoms with van der Waals surface area (Å²) in [6.45, 7) is 1.90. The standard InChI is InChI=1S/C23H19ClN4O2/c1-15-8-9-17(14-20(15)24)25-23(29)21-26-22(16-6-4-3-5-7-16)28(27-21)18-10-12-19(30-2)13-11-18/h3-14H,1-2H3,(H,25,29). The van der Waals surface area contributed by atoms with Crippen molar-refractivity contribution in [2.24, 2.45) is 0 Å². The van der Waals surface area contributed by atoms with Crippen LogP contribution in [0.4, 0.5) is 5.69 Å². The fourth-order valence-corrected chi connectivity index (χ4v) is 3.12. The van der Waals surface area contributed by atoms with Gasteiger partial charge in [0.05, 0.1) is 12.8 Å². The zero-order valence-corrected chi connectivity index (χ0v) is 17.2. The fourth-order valence-electron chi connectivity index (χ4n) is 2.94. The van der Waals surface area contributed by atoms with E-state index < -0.39 is 5.91 Å². The predicted octanol–water partition coefficient (Wildman–Crippen LogP) is 5.16. The second kappa shape index (κ2) is 8.39. The number of nitrogens with zero attached hydrogens (tertiary/aromatic N) is 3. The number of ether oxygens (including phenoxy) is 1. The van der Waals surface area contributed by atoms with E-state index in [1.807, 2.05) is 67.6 Å². The van der Waals surface area contributed by atoms with Gasteiger partial charge >= 0.3 is 0 Å².